The molecular weight excluding hydrogens is 288 g/mol. The first-order chi connectivity index (χ1) is 10.7. The summed E-state index contributed by atoms with van der Waals surface area (Å²) in [4.78, 5) is 12.8. The molecule has 8 atom stereocenters. The van der Waals surface area contributed by atoms with E-state index in [0.29, 0.717) is 30.0 Å². The molecule has 3 heteroatoms. The van der Waals surface area contributed by atoms with Crippen LogP contribution >= 0.6 is 0 Å². The van der Waals surface area contributed by atoms with Crippen molar-refractivity contribution < 1.29 is 14.6 Å². The molecular formula is C20H30O3. The minimum Gasteiger partial charge on any atom is -0.392 e. The molecule has 0 aromatic carbocycles. The molecule has 3 fully saturated rings. The molecule has 3 nitrogen and oxygen atoms in total. The molecule has 1 N–H and O–H groups in total. The predicted molar refractivity (Wildman–Crippen MR) is 88.8 cm³/mol. The van der Waals surface area contributed by atoms with Gasteiger partial charge in [0.2, 0.25) is 0 Å². The van der Waals surface area contributed by atoms with E-state index in [1.165, 1.54) is 0 Å². The Bertz CT molecular complexity index is 598. The van der Waals surface area contributed by atoms with Crippen LogP contribution in [0.15, 0.2) is 12.2 Å². The van der Waals surface area contributed by atoms with Gasteiger partial charge in [-0.3, -0.25) is 4.79 Å². The molecule has 0 saturated heterocycles. The Hall–Kier alpha value is -0.670. The molecule has 4 aliphatic rings. The number of allylic oxidation sites excluding steroid dienone is 2. The lowest BCUT2D eigenvalue weighted by atomic mass is 9.52. The van der Waals surface area contributed by atoms with Gasteiger partial charge in [-0.15, -0.1) is 0 Å². The topological polar surface area (TPSA) is 46.5 Å². The highest BCUT2D eigenvalue weighted by molar-refractivity contribution is 5.96. The summed E-state index contributed by atoms with van der Waals surface area (Å²) in [6.07, 6.45) is 7.34. The summed E-state index contributed by atoms with van der Waals surface area (Å²) in [7, 11) is 1.78. The van der Waals surface area contributed by atoms with Gasteiger partial charge in [-0.25, -0.2) is 0 Å². The van der Waals surface area contributed by atoms with Gasteiger partial charge < -0.3 is 9.84 Å². The number of hydrogen-bond donors (Lipinski definition) is 1. The van der Waals surface area contributed by atoms with Crippen LogP contribution in [0.1, 0.15) is 53.4 Å². The molecule has 1 spiro atoms. The molecule has 128 valence electrons. The van der Waals surface area contributed by atoms with Crippen LogP contribution in [0.25, 0.3) is 0 Å². The van der Waals surface area contributed by atoms with Gasteiger partial charge in [0, 0.05) is 24.4 Å². The first-order valence-electron chi connectivity index (χ1n) is 9.11. The molecule has 3 saturated carbocycles. The minimum absolute atomic E-state index is 0.0144. The molecule has 4 aliphatic carbocycles. The third-order valence-electron chi connectivity index (χ3n) is 8.81. The van der Waals surface area contributed by atoms with Crippen molar-refractivity contribution in [2.45, 2.75) is 65.1 Å². The second kappa shape index (κ2) is 4.29. The van der Waals surface area contributed by atoms with Crippen LogP contribution in [-0.4, -0.2) is 29.7 Å². The fourth-order valence-electron chi connectivity index (χ4n) is 7.68. The second-order valence-corrected chi connectivity index (χ2v) is 9.43. The van der Waals surface area contributed by atoms with Crippen LogP contribution < -0.4 is 0 Å². The molecule has 0 aromatic heterocycles. The molecule has 0 radical (unpaired) electrons. The Labute approximate surface area is 139 Å². The van der Waals surface area contributed by atoms with Gasteiger partial charge in [0.25, 0.3) is 0 Å². The van der Waals surface area contributed by atoms with Crippen LogP contribution in [0.3, 0.4) is 0 Å². The van der Waals surface area contributed by atoms with Gasteiger partial charge >= 0.3 is 0 Å². The Kier molecular flexibility index (Phi) is 2.95. The highest BCUT2D eigenvalue weighted by atomic mass is 16.5. The molecule has 4 rings (SSSR count). The van der Waals surface area contributed by atoms with E-state index in [4.69, 9.17) is 4.74 Å². The summed E-state index contributed by atoms with van der Waals surface area (Å²) < 4.78 is 5.96. The van der Waals surface area contributed by atoms with Gasteiger partial charge in [-0.1, -0.05) is 26.8 Å². The number of aliphatic hydroxyl groups is 1. The van der Waals surface area contributed by atoms with Gasteiger partial charge in [-0.05, 0) is 55.4 Å². The maximum Gasteiger partial charge on any atom is 0.161 e. The van der Waals surface area contributed by atoms with E-state index < -0.39 is 0 Å². The zero-order valence-electron chi connectivity index (χ0n) is 15.1. The number of ether oxygens (including phenoxy) is 1. The maximum atomic E-state index is 12.8. The third kappa shape index (κ3) is 1.48. The molecule has 0 aromatic rings. The number of methoxy groups -OCH3 is 1. The van der Waals surface area contributed by atoms with Crippen LogP contribution in [0.5, 0.6) is 0 Å². The van der Waals surface area contributed by atoms with Crippen LogP contribution in [0.2, 0.25) is 0 Å². The quantitative estimate of drug-likeness (QED) is 0.806. The van der Waals surface area contributed by atoms with E-state index in [1.54, 1.807) is 7.11 Å². The number of ketones is 1. The molecule has 0 heterocycles. The van der Waals surface area contributed by atoms with E-state index in [9.17, 15) is 9.90 Å². The summed E-state index contributed by atoms with van der Waals surface area (Å²) in [5.41, 5.74) is -0.707. The summed E-state index contributed by atoms with van der Waals surface area (Å²) >= 11 is 0. The average Bonchev–Trinajstić information content (AvgIpc) is 3.01. The fourth-order valence-corrected chi connectivity index (χ4v) is 7.68. The number of carbonyl (C=O) groups excluding carboxylic acids is 1. The van der Waals surface area contributed by atoms with Gasteiger partial charge in [0.15, 0.2) is 5.78 Å². The van der Waals surface area contributed by atoms with E-state index in [1.807, 2.05) is 6.08 Å². The SMILES string of the molecule is CO[C@@]1(C)C[C@H](O)[C@@]2(C)C[C@]34[C@H](C)C=CC(=O)[C@@]3(C)CC[C@@H]4[C@H]21. The number of rotatable bonds is 1. The first kappa shape index (κ1) is 15.8. The van der Waals surface area contributed by atoms with Crippen molar-refractivity contribution in [3.8, 4) is 0 Å². The summed E-state index contributed by atoms with van der Waals surface area (Å²) in [6.45, 7) is 8.89. The zero-order valence-corrected chi connectivity index (χ0v) is 15.1. The highest BCUT2D eigenvalue weighted by Gasteiger charge is 2.77. The van der Waals surface area contributed by atoms with Crippen LogP contribution in [-0.2, 0) is 9.53 Å². The Balaban J connectivity index is 1.91. The standard InChI is InChI=1S/C20H30O3/c1-12-6-7-14(21)18(3)9-8-13-16-17(2,11-20(12,13)18)15(22)10-19(16,4)23-5/h6-7,12-13,15-16,22H,8-11H2,1-5H3/t12-,13-,15+,16-,17-,18-,19+,20-/m1/s1. The summed E-state index contributed by atoms with van der Waals surface area (Å²) in [5, 5.41) is 10.9. The van der Waals surface area contributed by atoms with Crippen molar-refractivity contribution in [1.29, 1.82) is 0 Å². The van der Waals surface area contributed by atoms with Crippen molar-refractivity contribution in [2.24, 2.45) is 34.0 Å². The van der Waals surface area contributed by atoms with Crippen molar-refractivity contribution in [3.63, 3.8) is 0 Å². The number of carbonyl (C=O) groups is 1. The largest absolute Gasteiger partial charge is 0.392 e. The first-order valence-corrected chi connectivity index (χ1v) is 9.11. The maximum absolute atomic E-state index is 12.8. The van der Waals surface area contributed by atoms with Gasteiger partial charge in [0.1, 0.15) is 0 Å². The molecule has 23 heavy (non-hydrogen) atoms. The number of fused-ring (bicyclic) bond motifs is 2. The van der Waals surface area contributed by atoms with E-state index in [2.05, 4.69) is 33.8 Å². The van der Waals surface area contributed by atoms with E-state index in [0.717, 1.165) is 19.3 Å². The van der Waals surface area contributed by atoms with Crippen LogP contribution in [0, 0.1) is 34.0 Å². The normalized spacial score (nSPS) is 60.7. The van der Waals surface area contributed by atoms with E-state index >= 15 is 0 Å². The van der Waals surface area contributed by atoms with Gasteiger partial charge in [-0.2, -0.15) is 0 Å². The van der Waals surface area contributed by atoms with E-state index in [-0.39, 0.29) is 27.9 Å². The van der Waals surface area contributed by atoms with Crippen LogP contribution in [0.4, 0.5) is 0 Å². The molecule has 0 amide bonds. The van der Waals surface area contributed by atoms with Gasteiger partial charge in [0.05, 0.1) is 11.7 Å². The highest BCUT2D eigenvalue weighted by Crippen LogP contribution is 2.78. The predicted octanol–water partition coefficient (Wildman–Crippen LogP) is 3.36. The smallest absolute Gasteiger partial charge is 0.161 e. The number of hydrogen-bond acceptors (Lipinski definition) is 3. The summed E-state index contributed by atoms with van der Waals surface area (Å²) in [6, 6.07) is 0. The Morgan fingerprint density at radius 1 is 1.30 bits per heavy atom. The fraction of sp³-hybridized carbons (Fsp3) is 0.850. The third-order valence-corrected chi connectivity index (χ3v) is 8.81. The molecule has 0 unspecified atom stereocenters. The Morgan fingerprint density at radius 3 is 2.65 bits per heavy atom. The monoisotopic (exact) mass is 318 g/mol. The second-order valence-electron chi connectivity index (χ2n) is 9.43. The average molecular weight is 318 g/mol. The molecule has 0 aliphatic heterocycles. The number of aliphatic hydroxyl groups excluding tert-OH is 1. The zero-order chi connectivity index (χ0) is 16.8. The lowest BCUT2D eigenvalue weighted by Crippen LogP contribution is -2.50. The Morgan fingerprint density at radius 2 is 2.00 bits per heavy atom. The van der Waals surface area contributed by atoms with Crippen molar-refractivity contribution >= 4 is 5.78 Å². The van der Waals surface area contributed by atoms with Crippen molar-refractivity contribution in [2.75, 3.05) is 7.11 Å². The molecule has 0 bridgehead atoms. The lowest BCUT2D eigenvalue weighted by molar-refractivity contribution is -0.135. The van der Waals surface area contributed by atoms with Crippen molar-refractivity contribution in [1.82, 2.24) is 0 Å². The lowest BCUT2D eigenvalue weighted by Gasteiger charge is -2.50. The minimum atomic E-state index is -0.338. The van der Waals surface area contributed by atoms with Crippen molar-refractivity contribution in [3.05, 3.63) is 12.2 Å². The summed E-state index contributed by atoms with van der Waals surface area (Å²) in [5.74, 6) is 1.48.